The number of nitro benzene ring substituents is 1. The molecule has 2 rings (SSSR count). The number of nitrogen functional groups attached to an aromatic ring is 1. The minimum atomic E-state index is -0.810. The van der Waals surface area contributed by atoms with Crippen molar-refractivity contribution in [1.29, 1.82) is 5.26 Å². The number of carboxylic acids is 1. The number of nitro groups is 1. The Labute approximate surface area is 120 Å². The molecule has 0 radical (unpaired) electrons. The van der Waals surface area contributed by atoms with Crippen molar-refractivity contribution in [1.82, 2.24) is 0 Å². The van der Waals surface area contributed by atoms with Crippen LogP contribution in [0.15, 0.2) is 12.1 Å². The molecule has 1 fully saturated rings. The van der Waals surface area contributed by atoms with Crippen LogP contribution in [0.3, 0.4) is 0 Å². The van der Waals surface area contributed by atoms with Crippen molar-refractivity contribution in [3.8, 4) is 6.07 Å². The van der Waals surface area contributed by atoms with Crippen molar-refractivity contribution in [3.05, 3.63) is 27.8 Å². The molecule has 3 N–H and O–H groups in total. The van der Waals surface area contributed by atoms with E-state index in [1.54, 1.807) is 6.07 Å². The Morgan fingerprint density at radius 1 is 1.48 bits per heavy atom. The number of nitriles is 1. The number of piperidine rings is 1. The molecule has 0 spiro atoms. The number of rotatable bonds is 3. The van der Waals surface area contributed by atoms with Gasteiger partial charge in [0, 0.05) is 18.8 Å². The Kier molecular flexibility index (Phi) is 3.93. The highest BCUT2D eigenvalue weighted by Gasteiger charge is 2.27. The lowest BCUT2D eigenvalue weighted by atomic mass is 9.96. The van der Waals surface area contributed by atoms with E-state index in [-0.39, 0.29) is 22.9 Å². The van der Waals surface area contributed by atoms with Gasteiger partial charge in [0.05, 0.1) is 10.8 Å². The summed E-state index contributed by atoms with van der Waals surface area (Å²) < 4.78 is 0. The van der Waals surface area contributed by atoms with Gasteiger partial charge in [0.2, 0.25) is 0 Å². The number of carboxylic acid groups (broad SMARTS) is 1. The molecule has 1 aromatic rings. The van der Waals surface area contributed by atoms with E-state index in [1.807, 2.05) is 4.90 Å². The van der Waals surface area contributed by atoms with E-state index >= 15 is 0 Å². The maximum Gasteiger partial charge on any atom is 0.309 e. The van der Waals surface area contributed by atoms with Gasteiger partial charge in [-0.2, -0.15) is 5.26 Å². The van der Waals surface area contributed by atoms with Crippen molar-refractivity contribution in [3.63, 3.8) is 0 Å². The van der Waals surface area contributed by atoms with Crippen molar-refractivity contribution >= 4 is 23.0 Å². The van der Waals surface area contributed by atoms with Crippen LogP contribution in [0.25, 0.3) is 0 Å². The van der Waals surface area contributed by atoms with E-state index in [0.717, 1.165) is 0 Å². The lowest BCUT2D eigenvalue weighted by Crippen LogP contribution is -2.36. The monoisotopic (exact) mass is 290 g/mol. The van der Waals surface area contributed by atoms with Crippen molar-refractivity contribution in [2.24, 2.45) is 5.92 Å². The highest BCUT2D eigenvalue weighted by Crippen LogP contribution is 2.33. The van der Waals surface area contributed by atoms with E-state index in [4.69, 9.17) is 16.1 Å². The molecular weight excluding hydrogens is 276 g/mol. The quantitative estimate of drug-likeness (QED) is 0.487. The summed E-state index contributed by atoms with van der Waals surface area (Å²) in [6.45, 7) is 1.03. The first-order chi connectivity index (χ1) is 9.93. The lowest BCUT2D eigenvalue weighted by molar-refractivity contribution is -0.384. The minimum absolute atomic E-state index is 0.0607. The Balaban J connectivity index is 2.27. The number of hydrogen-bond donors (Lipinski definition) is 2. The zero-order valence-corrected chi connectivity index (χ0v) is 11.2. The topological polar surface area (TPSA) is 133 Å². The van der Waals surface area contributed by atoms with Gasteiger partial charge < -0.3 is 15.7 Å². The maximum atomic E-state index is 10.9. The first-order valence-electron chi connectivity index (χ1n) is 6.39. The fourth-order valence-electron chi connectivity index (χ4n) is 2.50. The molecule has 8 heteroatoms. The van der Waals surface area contributed by atoms with Gasteiger partial charge in [-0.15, -0.1) is 0 Å². The van der Waals surface area contributed by atoms with Gasteiger partial charge >= 0.3 is 11.7 Å². The van der Waals surface area contributed by atoms with Crippen molar-refractivity contribution in [2.75, 3.05) is 23.7 Å². The van der Waals surface area contributed by atoms with Crippen molar-refractivity contribution < 1.29 is 14.8 Å². The zero-order valence-electron chi connectivity index (χ0n) is 11.2. The number of carbonyl (C=O) groups is 1. The average molecular weight is 290 g/mol. The predicted octanol–water partition coefficient (Wildman–Crippen LogP) is 1.35. The van der Waals surface area contributed by atoms with Gasteiger partial charge in [-0.05, 0) is 25.0 Å². The summed E-state index contributed by atoms with van der Waals surface area (Å²) in [5.41, 5.74) is 5.74. The number of nitrogens with zero attached hydrogens (tertiary/aromatic N) is 3. The summed E-state index contributed by atoms with van der Waals surface area (Å²) in [6.07, 6.45) is 0.988. The van der Waals surface area contributed by atoms with Crippen LogP contribution in [0.5, 0.6) is 0 Å². The highest BCUT2D eigenvalue weighted by molar-refractivity contribution is 5.74. The van der Waals surface area contributed by atoms with Crippen LogP contribution < -0.4 is 10.6 Å². The third-order valence-electron chi connectivity index (χ3n) is 3.64. The second-order valence-electron chi connectivity index (χ2n) is 4.90. The molecule has 1 heterocycles. The fourth-order valence-corrected chi connectivity index (χ4v) is 2.50. The number of hydrogen-bond acceptors (Lipinski definition) is 6. The van der Waals surface area contributed by atoms with Gasteiger partial charge in [-0.3, -0.25) is 14.9 Å². The summed E-state index contributed by atoms with van der Waals surface area (Å²) in [5.74, 6) is -1.18. The molecule has 0 saturated carbocycles. The standard InChI is InChI=1S/C13H14N4O4/c14-7-9-5-10(6-11(15)12(9)17(20)21)16-3-1-8(2-4-16)13(18)19/h5-6,8H,1-4,15H2,(H,18,19). The first kappa shape index (κ1) is 14.6. The van der Waals surface area contributed by atoms with Crippen LogP contribution in [0.1, 0.15) is 18.4 Å². The summed E-state index contributed by atoms with van der Waals surface area (Å²) in [5, 5.41) is 28.9. The zero-order chi connectivity index (χ0) is 15.6. The molecule has 0 unspecified atom stereocenters. The second-order valence-corrected chi connectivity index (χ2v) is 4.90. The molecule has 21 heavy (non-hydrogen) atoms. The molecule has 1 saturated heterocycles. The van der Waals surface area contributed by atoms with E-state index in [2.05, 4.69) is 0 Å². The molecule has 0 atom stereocenters. The van der Waals surface area contributed by atoms with Crippen LogP contribution >= 0.6 is 0 Å². The summed E-state index contributed by atoms with van der Waals surface area (Å²) in [4.78, 5) is 23.0. The van der Waals surface area contributed by atoms with E-state index in [9.17, 15) is 14.9 Å². The summed E-state index contributed by atoms with van der Waals surface area (Å²) in [7, 11) is 0. The fraction of sp³-hybridized carbons (Fsp3) is 0.385. The Morgan fingerprint density at radius 3 is 2.57 bits per heavy atom. The lowest BCUT2D eigenvalue weighted by Gasteiger charge is -2.32. The molecule has 1 aliphatic heterocycles. The SMILES string of the molecule is N#Cc1cc(N2CCC(C(=O)O)CC2)cc(N)c1[N+](=O)[O-]. The third-order valence-corrected chi connectivity index (χ3v) is 3.64. The summed E-state index contributed by atoms with van der Waals surface area (Å²) in [6, 6.07) is 4.67. The Hall–Kier alpha value is -2.82. The van der Waals surface area contributed by atoms with Crippen LogP contribution in [0.4, 0.5) is 17.1 Å². The van der Waals surface area contributed by atoms with E-state index < -0.39 is 10.9 Å². The Bertz CT molecular complexity index is 630. The van der Waals surface area contributed by atoms with Gasteiger partial charge in [-0.1, -0.05) is 0 Å². The largest absolute Gasteiger partial charge is 0.481 e. The number of nitrogens with two attached hydrogens (primary N) is 1. The summed E-state index contributed by atoms with van der Waals surface area (Å²) >= 11 is 0. The van der Waals surface area contributed by atoms with Gasteiger partial charge in [0.15, 0.2) is 0 Å². The number of aliphatic carboxylic acids is 1. The number of benzene rings is 1. The minimum Gasteiger partial charge on any atom is -0.481 e. The molecule has 8 nitrogen and oxygen atoms in total. The van der Waals surface area contributed by atoms with Crippen LogP contribution in [0, 0.1) is 27.4 Å². The predicted molar refractivity (Wildman–Crippen MR) is 74.8 cm³/mol. The first-order valence-corrected chi connectivity index (χ1v) is 6.39. The molecule has 110 valence electrons. The van der Waals surface area contributed by atoms with Gasteiger partial charge in [-0.25, -0.2) is 0 Å². The van der Waals surface area contributed by atoms with Crippen molar-refractivity contribution in [2.45, 2.75) is 12.8 Å². The number of anilines is 2. The molecule has 0 aromatic heterocycles. The average Bonchev–Trinajstić information content (AvgIpc) is 2.45. The highest BCUT2D eigenvalue weighted by atomic mass is 16.6. The molecule has 1 aromatic carbocycles. The second kappa shape index (κ2) is 5.66. The van der Waals surface area contributed by atoms with Crippen LogP contribution in [0.2, 0.25) is 0 Å². The molecule has 0 aliphatic carbocycles. The van der Waals surface area contributed by atoms with Crippen LogP contribution in [-0.2, 0) is 4.79 Å². The Morgan fingerprint density at radius 2 is 2.10 bits per heavy atom. The van der Waals surface area contributed by atoms with Crippen LogP contribution in [-0.4, -0.2) is 29.1 Å². The van der Waals surface area contributed by atoms with Gasteiger partial charge in [0.1, 0.15) is 17.3 Å². The molecular formula is C13H14N4O4. The molecule has 1 aliphatic rings. The van der Waals surface area contributed by atoms with Gasteiger partial charge in [0.25, 0.3) is 0 Å². The molecule has 0 amide bonds. The third kappa shape index (κ3) is 2.86. The molecule has 0 bridgehead atoms. The normalized spacial score (nSPS) is 15.5. The smallest absolute Gasteiger partial charge is 0.309 e. The maximum absolute atomic E-state index is 10.9. The van der Waals surface area contributed by atoms with E-state index in [1.165, 1.54) is 12.1 Å². The van der Waals surface area contributed by atoms with E-state index in [0.29, 0.717) is 31.6 Å².